The van der Waals surface area contributed by atoms with Crippen molar-refractivity contribution in [1.82, 2.24) is 10.3 Å². The molecule has 2 aliphatic rings. The van der Waals surface area contributed by atoms with Crippen molar-refractivity contribution in [3.63, 3.8) is 0 Å². The van der Waals surface area contributed by atoms with Gasteiger partial charge in [-0.1, -0.05) is 30.3 Å². The van der Waals surface area contributed by atoms with Crippen molar-refractivity contribution < 1.29 is 13.6 Å². The number of benzene rings is 1. The van der Waals surface area contributed by atoms with Gasteiger partial charge in [0.2, 0.25) is 0 Å². The van der Waals surface area contributed by atoms with Crippen molar-refractivity contribution in [2.75, 3.05) is 5.32 Å². The Morgan fingerprint density at radius 3 is 2.70 bits per heavy atom. The maximum Gasteiger partial charge on any atom is 0.280 e. The van der Waals surface area contributed by atoms with E-state index in [1.54, 1.807) is 6.07 Å². The predicted molar refractivity (Wildman–Crippen MR) is 105 cm³/mol. The summed E-state index contributed by atoms with van der Waals surface area (Å²) in [5.41, 5.74) is 3.92. The molecule has 1 aromatic rings. The Labute approximate surface area is 157 Å². The summed E-state index contributed by atoms with van der Waals surface area (Å²) in [7, 11) is 1.96. The van der Waals surface area contributed by atoms with Crippen molar-refractivity contribution in [1.29, 1.82) is 0 Å². The number of carbonyl (C=O) groups is 1. The number of rotatable bonds is 4. The average molecular weight is 370 g/mol. The number of halogens is 2. The lowest BCUT2D eigenvalue weighted by Gasteiger charge is -2.31. The number of hydrogen-bond donors (Lipinski definition) is 3. The van der Waals surface area contributed by atoms with E-state index in [4.69, 9.17) is 5.84 Å². The molecule has 1 aliphatic carbocycles. The van der Waals surface area contributed by atoms with E-state index in [1.165, 1.54) is 12.2 Å². The van der Waals surface area contributed by atoms with E-state index in [0.717, 1.165) is 34.4 Å². The Balaban J connectivity index is 1.97. The van der Waals surface area contributed by atoms with Crippen LogP contribution in [0.5, 0.6) is 0 Å². The number of amides is 1. The molecule has 1 amide bonds. The first-order chi connectivity index (χ1) is 12.8. The molecule has 0 radical (unpaired) electrons. The van der Waals surface area contributed by atoms with Crippen molar-refractivity contribution in [2.24, 2.45) is 5.84 Å². The Bertz CT molecular complexity index is 899. The second kappa shape index (κ2) is 7.40. The van der Waals surface area contributed by atoms with Gasteiger partial charge in [0.15, 0.2) is 0 Å². The molecular formula is C19H21BF2N4O. The summed E-state index contributed by atoms with van der Waals surface area (Å²) in [5, 5.41) is 6.62. The monoisotopic (exact) mass is 370 g/mol. The van der Waals surface area contributed by atoms with Crippen LogP contribution in [-0.2, 0) is 4.79 Å². The number of hydrogen-bond acceptors (Lipinski definition) is 4. The van der Waals surface area contributed by atoms with Crippen LogP contribution in [0.15, 0.2) is 65.3 Å². The molecule has 1 heterocycles. The van der Waals surface area contributed by atoms with E-state index in [-0.39, 0.29) is 17.1 Å². The van der Waals surface area contributed by atoms with Crippen LogP contribution in [0.2, 0.25) is 0 Å². The van der Waals surface area contributed by atoms with Gasteiger partial charge in [-0.2, -0.15) is 0 Å². The summed E-state index contributed by atoms with van der Waals surface area (Å²) >= 11 is 0. The van der Waals surface area contributed by atoms with Gasteiger partial charge in [0.05, 0.1) is 5.57 Å². The van der Waals surface area contributed by atoms with Gasteiger partial charge in [-0.15, -0.1) is 0 Å². The van der Waals surface area contributed by atoms with E-state index in [0.29, 0.717) is 11.4 Å². The van der Waals surface area contributed by atoms with Crippen LogP contribution in [0.25, 0.3) is 0 Å². The number of aryl methyl sites for hydroxylation is 1. The first-order valence-corrected chi connectivity index (χ1v) is 8.60. The SMILES string of the molecule is Bc1ccc(NC(=O)/C(C=C)=C2\NC(=C3CC3)C=C(C(F)F)N2N)c(C)c1. The average Bonchev–Trinajstić information content (AvgIpc) is 3.44. The number of hydrazine groups is 1. The zero-order valence-corrected chi connectivity index (χ0v) is 15.3. The van der Waals surface area contributed by atoms with Crippen LogP contribution in [-0.4, -0.2) is 25.2 Å². The molecule has 0 spiro atoms. The summed E-state index contributed by atoms with van der Waals surface area (Å²) in [6, 6.07) is 5.62. The fourth-order valence-corrected chi connectivity index (χ4v) is 2.90. The fourth-order valence-electron chi connectivity index (χ4n) is 2.90. The summed E-state index contributed by atoms with van der Waals surface area (Å²) in [6.45, 7) is 5.54. The molecule has 4 N–H and O–H groups in total. The molecule has 0 unspecified atom stereocenters. The van der Waals surface area contributed by atoms with Crippen LogP contribution >= 0.6 is 0 Å². The summed E-state index contributed by atoms with van der Waals surface area (Å²) < 4.78 is 26.8. The third kappa shape index (κ3) is 3.95. The van der Waals surface area contributed by atoms with Crippen molar-refractivity contribution in [3.05, 3.63) is 70.9 Å². The molecule has 8 heteroatoms. The van der Waals surface area contributed by atoms with Crippen molar-refractivity contribution >= 4 is 24.9 Å². The van der Waals surface area contributed by atoms with E-state index < -0.39 is 12.3 Å². The zero-order chi connectivity index (χ0) is 19.7. The van der Waals surface area contributed by atoms with Gasteiger partial charge < -0.3 is 10.6 Å². The van der Waals surface area contributed by atoms with Crippen molar-refractivity contribution in [3.8, 4) is 0 Å². The Hall–Kier alpha value is -2.87. The van der Waals surface area contributed by atoms with Gasteiger partial charge >= 0.3 is 0 Å². The highest BCUT2D eigenvalue weighted by Crippen LogP contribution is 2.35. The van der Waals surface area contributed by atoms with Gasteiger partial charge in [-0.25, -0.2) is 14.6 Å². The fraction of sp³-hybridized carbons (Fsp3) is 0.211. The second-order valence-electron chi connectivity index (χ2n) is 6.62. The normalized spacial score (nSPS) is 18.1. The quantitative estimate of drug-likeness (QED) is 0.428. The molecule has 1 aromatic carbocycles. The Morgan fingerprint density at radius 2 is 2.15 bits per heavy atom. The van der Waals surface area contributed by atoms with Crippen LogP contribution in [0.3, 0.4) is 0 Å². The number of nitrogens with one attached hydrogen (secondary N) is 2. The highest BCUT2D eigenvalue weighted by molar-refractivity contribution is 6.32. The summed E-state index contributed by atoms with van der Waals surface area (Å²) in [6.07, 6.45) is 1.55. The van der Waals surface area contributed by atoms with Crippen molar-refractivity contribution in [2.45, 2.75) is 26.2 Å². The summed E-state index contributed by atoms with van der Waals surface area (Å²) in [5.74, 6) is 5.48. The third-order valence-corrected chi connectivity index (χ3v) is 4.50. The zero-order valence-electron chi connectivity index (χ0n) is 15.3. The van der Waals surface area contributed by atoms with Gasteiger partial charge in [0, 0.05) is 11.4 Å². The first-order valence-electron chi connectivity index (χ1n) is 8.60. The van der Waals surface area contributed by atoms with Crippen LogP contribution < -0.4 is 21.9 Å². The molecule has 140 valence electrons. The first kappa shape index (κ1) is 18.9. The minimum absolute atomic E-state index is 0.0828. The molecule has 0 aromatic heterocycles. The van der Waals surface area contributed by atoms with Gasteiger partial charge in [0.25, 0.3) is 12.3 Å². The predicted octanol–water partition coefficient (Wildman–Crippen LogP) is 1.57. The molecule has 27 heavy (non-hydrogen) atoms. The second-order valence-corrected chi connectivity index (χ2v) is 6.62. The maximum absolute atomic E-state index is 13.4. The Morgan fingerprint density at radius 1 is 1.44 bits per heavy atom. The third-order valence-electron chi connectivity index (χ3n) is 4.50. The number of carbonyl (C=O) groups excluding carboxylic acids is 1. The molecule has 0 bridgehead atoms. The number of allylic oxidation sites excluding steroid dienone is 3. The molecule has 1 fully saturated rings. The largest absolute Gasteiger partial charge is 0.340 e. The lowest BCUT2D eigenvalue weighted by molar-refractivity contribution is -0.112. The summed E-state index contributed by atoms with van der Waals surface area (Å²) in [4.78, 5) is 12.8. The van der Waals surface area contributed by atoms with Gasteiger partial charge in [-0.3, -0.25) is 9.80 Å². The molecule has 1 saturated carbocycles. The molecule has 0 saturated heterocycles. The lowest BCUT2D eigenvalue weighted by Crippen LogP contribution is -2.43. The van der Waals surface area contributed by atoms with Crippen LogP contribution in [0, 0.1) is 6.92 Å². The minimum atomic E-state index is -2.77. The number of anilines is 1. The molecule has 1 aliphatic heterocycles. The van der Waals surface area contributed by atoms with Gasteiger partial charge in [0.1, 0.15) is 19.4 Å². The number of alkyl halides is 2. The number of nitrogens with zero attached hydrogens (tertiary/aromatic N) is 1. The van der Waals surface area contributed by atoms with Crippen LogP contribution in [0.1, 0.15) is 18.4 Å². The molecule has 0 atom stereocenters. The van der Waals surface area contributed by atoms with E-state index in [2.05, 4.69) is 17.2 Å². The Kier molecular flexibility index (Phi) is 5.18. The highest BCUT2D eigenvalue weighted by Gasteiger charge is 2.31. The van der Waals surface area contributed by atoms with Crippen LogP contribution in [0.4, 0.5) is 14.5 Å². The molecular weight excluding hydrogens is 349 g/mol. The minimum Gasteiger partial charge on any atom is -0.340 e. The van der Waals surface area contributed by atoms with E-state index in [9.17, 15) is 13.6 Å². The van der Waals surface area contributed by atoms with E-state index in [1.807, 2.05) is 26.9 Å². The maximum atomic E-state index is 13.4. The molecule has 5 nitrogen and oxygen atoms in total. The highest BCUT2D eigenvalue weighted by atomic mass is 19.3. The topological polar surface area (TPSA) is 70.4 Å². The standard InChI is InChI=1S/C19H21BF2N4O/c1-3-13(19(27)25-14-7-6-12(20)8-10(14)2)18-24-15(11-4-5-11)9-16(17(21)22)26(18)23/h3,6-9,17,24H,1,4-5,20,23H2,2H3,(H,25,27)/b18-13+. The smallest absolute Gasteiger partial charge is 0.280 e. The lowest BCUT2D eigenvalue weighted by atomic mass is 9.94. The molecule has 3 rings (SSSR count). The number of nitrogens with two attached hydrogens (primary N) is 1. The van der Waals surface area contributed by atoms with Gasteiger partial charge in [-0.05, 0) is 43.0 Å². The van der Waals surface area contributed by atoms with E-state index >= 15 is 0 Å².